The number of aromatic hydroxyl groups is 1. The normalized spacial score (nSPS) is 13.3. The molecule has 0 aliphatic heterocycles. The Morgan fingerprint density at radius 2 is 1.93 bits per heavy atom. The van der Waals surface area contributed by atoms with E-state index in [-0.39, 0.29) is 23.3 Å². The van der Waals surface area contributed by atoms with Gasteiger partial charge in [0.05, 0.1) is 0 Å². The minimum Gasteiger partial charge on any atom is -0.507 e. The van der Waals surface area contributed by atoms with E-state index in [1.807, 2.05) is 13.8 Å². The molecule has 2 nitrogen and oxygen atoms in total. The van der Waals surface area contributed by atoms with E-state index in [2.05, 4.69) is 0 Å². The number of rotatable bonds is 2. The molecule has 1 aromatic rings. The Bertz CT molecular complexity index is 336. The van der Waals surface area contributed by atoms with Gasteiger partial charge in [-0.25, -0.2) is 4.39 Å². The van der Waals surface area contributed by atoms with E-state index < -0.39 is 5.82 Å². The summed E-state index contributed by atoms with van der Waals surface area (Å²) < 4.78 is 13.0. The van der Waals surface area contributed by atoms with Crippen molar-refractivity contribution >= 4 is 0 Å². The van der Waals surface area contributed by atoms with Gasteiger partial charge in [0, 0.05) is 17.2 Å². The predicted octanol–water partition coefficient (Wildman–Crippen LogP) is 2.50. The molecular formula is C11H16FNO. The van der Waals surface area contributed by atoms with Crippen LogP contribution in [0.1, 0.15) is 31.0 Å². The Hall–Kier alpha value is -1.09. The largest absolute Gasteiger partial charge is 0.507 e. The summed E-state index contributed by atoms with van der Waals surface area (Å²) in [6.45, 7) is 5.47. The van der Waals surface area contributed by atoms with Crippen molar-refractivity contribution in [3.63, 3.8) is 0 Å². The lowest BCUT2D eigenvalue weighted by molar-refractivity contribution is 0.430. The van der Waals surface area contributed by atoms with Gasteiger partial charge in [-0.1, -0.05) is 19.9 Å². The van der Waals surface area contributed by atoms with Crippen molar-refractivity contribution in [3.8, 4) is 5.75 Å². The van der Waals surface area contributed by atoms with Crippen LogP contribution in [0.15, 0.2) is 12.1 Å². The zero-order valence-corrected chi connectivity index (χ0v) is 8.71. The van der Waals surface area contributed by atoms with Crippen molar-refractivity contribution in [2.24, 2.45) is 11.7 Å². The lowest BCUT2D eigenvalue weighted by Crippen LogP contribution is -2.17. The van der Waals surface area contributed by atoms with E-state index in [1.165, 1.54) is 6.07 Å². The second kappa shape index (κ2) is 3.96. The summed E-state index contributed by atoms with van der Waals surface area (Å²) in [4.78, 5) is 0. The molecule has 3 heteroatoms. The third-order valence-electron chi connectivity index (χ3n) is 2.47. The maximum absolute atomic E-state index is 13.0. The zero-order chi connectivity index (χ0) is 10.9. The molecule has 3 N–H and O–H groups in total. The van der Waals surface area contributed by atoms with E-state index in [0.29, 0.717) is 5.56 Å². The Morgan fingerprint density at radius 3 is 2.43 bits per heavy atom. The summed E-state index contributed by atoms with van der Waals surface area (Å²) in [5.41, 5.74) is 6.75. The molecule has 14 heavy (non-hydrogen) atoms. The van der Waals surface area contributed by atoms with Gasteiger partial charge in [0.1, 0.15) is 11.6 Å². The zero-order valence-electron chi connectivity index (χ0n) is 8.71. The highest BCUT2D eigenvalue weighted by Gasteiger charge is 2.17. The minimum atomic E-state index is -0.401. The van der Waals surface area contributed by atoms with Gasteiger partial charge in [0.2, 0.25) is 0 Å². The van der Waals surface area contributed by atoms with Crippen molar-refractivity contribution in [3.05, 3.63) is 29.1 Å². The fraction of sp³-hybridized carbons (Fsp3) is 0.455. The lowest BCUT2D eigenvalue weighted by Gasteiger charge is -2.18. The van der Waals surface area contributed by atoms with Crippen LogP contribution in [0.5, 0.6) is 5.75 Å². The van der Waals surface area contributed by atoms with Crippen molar-refractivity contribution in [1.29, 1.82) is 0 Å². The maximum Gasteiger partial charge on any atom is 0.129 e. The van der Waals surface area contributed by atoms with Gasteiger partial charge in [0.25, 0.3) is 0 Å². The fourth-order valence-electron chi connectivity index (χ4n) is 1.32. The van der Waals surface area contributed by atoms with Gasteiger partial charge >= 0.3 is 0 Å². The molecule has 1 rings (SSSR count). The molecule has 78 valence electrons. The van der Waals surface area contributed by atoms with Crippen LogP contribution >= 0.6 is 0 Å². The van der Waals surface area contributed by atoms with Crippen LogP contribution in [0.2, 0.25) is 0 Å². The van der Waals surface area contributed by atoms with Gasteiger partial charge in [-0.2, -0.15) is 0 Å². The topological polar surface area (TPSA) is 46.2 Å². The highest BCUT2D eigenvalue weighted by atomic mass is 19.1. The molecule has 0 aromatic heterocycles. The number of hydrogen-bond donors (Lipinski definition) is 2. The third-order valence-corrected chi connectivity index (χ3v) is 2.47. The van der Waals surface area contributed by atoms with Crippen molar-refractivity contribution in [1.82, 2.24) is 0 Å². The van der Waals surface area contributed by atoms with Crippen LogP contribution in [-0.4, -0.2) is 5.11 Å². The molecule has 0 saturated heterocycles. The van der Waals surface area contributed by atoms with Crippen molar-refractivity contribution in [2.75, 3.05) is 0 Å². The third kappa shape index (κ3) is 1.87. The molecule has 1 unspecified atom stereocenters. The van der Waals surface area contributed by atoms with Crippen LogP contribution in [0.3, 0.4) is 0 Å². The van der Waals surface area contributed by atoms with Crippen LogP contribution in [0.25, 0.3) is 0 Å². The van der Waals surface area contributed by atoms with E-state index in [1.54, 1.807) is 13.0 Å². The Morgan fingerprint density at radius 1 is 1.36 bits per heavy atom. The van der Waals surface area contributed by atoms with Crippen LogP contribution in [0, 0.1) is 18.7 Å². The molecule has 0 radical (unpaired) electrons. The molecule has 0 fully saturated rings. The number of phenolic OH excluding ortho intramolecular Hbond substituents is 1. The molecule has 0 aliphatic carbocycles. The smallest absolute Gasteiger partial charge is 0.129 e. The van der Waals surface area contributed by atoms with Crippen LogP contribution in [-0.2, 0) is 0 Å². The summed E-state index contributed by atoms with van der Waals surface area (Å²) in [7, 11) is 0. The second-order valence-corrected chi connectivity index (χ2v) is 3.88. The molecule has 1 atom stereocenters. The predicted molar refractivity (Wildman–Crippen MR) is 54.6 cm³/mol. The fourth-order valence-corrected chi connectivity index (χ4v) is 1.32. The molecule has 0 spiro atoms. The Balaban J connectivity index is 3.17. The lowest BCUT2D eigenvalue weighted by atomic mass is 9.94. The molecule has 1 aromatic carbocycles. The number of nitrogens with two attached hydrogens (primary N) is 1. The monoisotopic (exact) mass is 197 g/mol. The van der Waals surface area contributed by atoms with Gasteiger partial charge < -0.3 is 10.8 Å². The minimum absolute atomic E-state index is 0.0220. The van der Waals surface area contributed by atoms with E-state index >= 15 is 0 Å². The summed E-state index contributed by atoms with van der Waals surface area (Å²) in [5.74, 6) is -0.209. The molecule has 0 bridgehead atoms. The van der Waals surface area contributed by atoms with Crippen LogP contribution in [0.4, 0.5) is 4.39 Å². The SMILES string of the molecule is Cc1c(F)ccc(C(N)C(C)C)c1O. The van der Waals surface area contributed by atoms with Gasteiger partial charge in [0.15, 0.2) is 0 Å². The van der Waals surface area contributed by atoms with Gasteiger partial charge in [-0.05, 0) is 18.9 Å². The number of hydrogen-bond acceptors (Lipinski definition) is 2. The Kier molecular flexibility index (Phi) is 3.11. The standard InChI is InChI=1S/C11H16FNO/c1-6(2)10(13)8-4-5-9(12)7(3)11(8)14/h4-6,10,14H,13H2,1-3H3. The molecular weight excluding hydrogens is 181 g/mol. The first-order valence-electron chi connectivity index (χ1n) is 4.68. The summed E-state index contributed by atoms with van der Waals surface area (Å²) in [6.07, 6.45) is 0. The van der Waals surface area contributed by atoms with Crippen molar-refractivity contribution in [2.45, 2.75) is 26.8 Å². The van der Waals surface area contributed by atoms with Gasteiger partial charge in [-0.3, -0.25) is 0 Å². The molecule has 0 amide bonds. The maximum atomic E-state index is 13.0. The summed E-state index contributed by atoms with van der Waals surface area (Å²) in [5, 5.41) is 9.68. The number of benzene rings is 1. The average molecular weight is 197 g/mol. The Labute approximate surface area is 83.6 Å². The van der Waals surface area contributed by atoms with E-state index in [9.17, 15) is 9.50 Å². The summed E-state index contributed by atoms with van der Waals surface area (Å²) >= 11 is 0. The van der Waals surface area contributed by atoms with Crippen molar-refractivity contribution < 1.29 is 9.50 Å². The quantitative estimate of drug-likeness (QED) is 0.765. The van der Waals surface area contributed by atoms with Crippen LogP contribution < -0.4 is 5.73 Å². The molecule has 0 heterocycles. The first kappa shape index (κ1) is 11.0. The number of phenols is 1. The summed E-state index contributed by atoms with van der Waals surface area (Å²) in [6, 6.07) is 2.63. The second-order valence-electron chi connectivity index (χ2n) is 3.88. The van der Waals surface area contributed by atoms with E-state index in [4.69, 9.17) is 5.73 Å². The number of halogens is 1. The average Bonchev–Trinajstić information content (AvgIpc) is 2.13. The van der Waals surface area contributed by atoms with Gasteiger partial charge in [-0.15, -0.1) is 0 Å². The highest BCUT2D eigenvalue weighted by molar-refractivity contribution is 5.42. The molecule has 0 saturated carbocycles. The first-order valence-corrected chi connectivity index (χ1v) is 4.68. The van der Waals surface area contributed by atoms with E-state index in [0.717, 1.165) is 0 Å². The highest BCUT2D eigenvalue weighted by Crippen LogP contribution is 2.31. The first-order chi connectivity index (χ1) is 6.45. The molecule has 0 aliphatic rings.